The van der Waals surface area contributed by atoms with E-state index in [0.717, 1.165) is 29.3 Å². The summed E-state index contributed by atoms with van der Waals surface area (Å²) < 4.78 is 20.3. The van der Waals surface area contributed by atoms with Gasteiger partial charge in [0.2, 0.25) is 0 Å². The highest BCUT2D eigenvalue weighted by molar-refractivity contribution is 9.10. The normalized spacial score (nSPS) is 20.8. The number of rotatable bonds is 4. The van der Waals surface area contributed by atoms with Gasteiger partial charge >= 0.3 is 0 Å². The molecular formula is C18H21BrFN3S. The highest BCUT2D eigenvalue weighted by Gasteiger charge is 2.31. The molecule has 0 bridgehead atoms. The first-order chi connectivity index (χ1) is 11.3. The number of nitrogens with one attached hydrogen (secondary N) is 1. The molecule has 1 fully saturated rings. The van der Waals surface area contributed by atoms with Crippen molar-refractivity contribution in [2.24, 2.45) is 5.92 Å². The predicted molar refractivity (Wildman–Crippen MR) is 101 cm³/mol. The SMILES string of the molecule is CC(C)(C)SNCc1cn(C2CC(C#N)C2)c2cc(Br)c(F)cc12. The Morgan fingerprint density at radius 2 is 2.12 bits per heavy atom. The molecule has 24 heavy (non-hydrogen) atoms. The minimum Gasteiger partial charge on any atom is -0.344 e. The molecule has 2 aromatic rings. The van der Waals surface area contributed by atoms with Crippen molar-refractivity contribution >= 4 is 38.8 Å². The molecule has 0 aliphatic heterocycles. The number of hydrogen-bond donors (Lipinski definition) is 1. The van der Waals surface area contributed by atoms with Gasteiger partial charge in [0.15, 0.2) is 0 Å². The molecule has 0 atom stereocenters. The van der Waals surface area contributed by atoms with Gasteiger partial charge in [-0.05, 0) is 67.2 Å². The van der Waals surface area contributed by atoms with Crippen LogP contribution in [0.25, 0.3) is 10.9 Å². The zero-order valence-electron chi connectivity index (χ0n) is 14.1. The lowest BCUT2D eigenvalue weighted by molar-refractivity contribution is 0.254. The van der Waals surface area contributed by atoms with Crippen LogP contribution in [0.2, 0.25) is 0 Å². The molecule has 0 radical (unpaired) electrons. The maximum Gasteiger partial charge on any atom is 0.138 e. The fraction of sp³-hybridized carbons (Fsp3) is 0.500. The molecule has 0 spiro atoms. The van der Waals surface area contributed by atoms with Crippen LogP contribution in [0.1, 0.15) is 45.2 Å². The molecule has 0 amide bonds. The van der Waals surface area contributed by atoms with Crippen LogP contribution < -0.4 is 4.72 Å². The number of hydrogen-bond acceptors (Lipinski definition) is 3. The van der Waals surface area contributed by atoms with E-state index in [4.69, 9.17) is 5.26 Å². The Balaban J connectivity index is 1.91. The maximum atomic E-state index is 14.0. The summed E-state index contributed by atoms with van der Waals surface area (Å²) in [7, 11) is 0. The lowest BCUT2D eigenvalue weighted by Gasteiger charge is -2.32. The number of benzene rings is 1. The van der Waals surface area contributed by atoms with Crippen LogP contribution in [-0.2, 0) is 6.54 Å². The van der Waals surface area contributed by atoms with Crippen molar-refractivity contribution in [1.29, 1.82) is 5.26 Å². The van der Waals surface area contributed by atoms with Crippen LogP contribution in [0.4, 0.5) is 4.39 Å². The van der Waals surface area contributed by atoms with Gasteiger partial charge in [0.25, 0.3) is 0 Å². The van der Waals surface area contributed by atoms with Crippen LogP contribution in [0.15, 0.2) is 22.8 Å². The minimum atomic E-state index is -0.242. The third-order valence-corrected chi connectivity index (χ3v) is 5.80. The van der Waals surface area contributed by atoms with Gasteiger partial charge in [-0.2, -0.15) is 5.26 Å². The van der Waals surface area contributed by atoms with Crippen LogP contribution in [0.3, 0.4) is 0 Å². The number of nitrogens with zero attached hydrogens (tertiary/aromatic N) is 2. The summed E-state index contributed by atoms with van der Waals surface area (Å²) in [6.45, 7) is 7.14. The summed E-state index contributed by atoms with van der Waals surface area (Å²) in [5.41, 5.74) is 2.12. The van der Waals surface area contributed by atoms with Gasteiger partial charge in [-0.25, -0.2) is 4.39 Å². The number of halogens is 2. The molecular weight excluding hydrogens is 389 g/mol. The van der Waals surface area contributed by atoms with E-state index in [9.17, 15) is 4.39 Å². The van der Waals surface area contributed by atoms with E-state index in [-0.39, 0.29) is 16.5 Å². The second-order valence-corrected chi connectivity index (χ2v) is 9.90. The van der Waals surface area contributed by atoms with Crippen LogP contribution >= 0.6 is 27.9 Å². The van der Waals surface area contributed by atoms with E-state index in [1.807, 2.05) is 6.07 Å². The molecule has 1 heterocycles. The first-order valence-corrected chi connectivity index (χ1v) is 9.68. The van der Waals surface area contributed by atoms with Gasteiger partial charge in [-0.1, -0.05) is 11.9 Å². The van der Waals surface area contributed by atoms with E-state index >= 15 is 0 Å². The Kier molecular flexibility index (Phi) is 4.96. The smallest absolute Gasteiger partial charge is 0.138 e. The average molecular weight is 410 g/mol. The average Bonchev–Trinajstić information content (AvgIpc) is 2.75. The Bertz CT molecular complexity index is 797. The molecule has 128 valence electrons. The highest BCUT2D eigenvalue weighted by Crippen LogP contribution is 2.41. The van der Waals surface area contributed by atoms with Gasteiger partial charge in [0.1, 0.15) is 5.82 Å². The second-order valence-electron chi connectivity index (χ2n) is 7.33. The monoisotopic (exact) mass is 409 g/mol. The van der Waals surface area contributed by atoms with Crippen molar-refractivity contribution in [3.63, 3.8) is 0 Å². The van der Waals surface area contributed by atoms with Crippen LogP contribution in [0, 0.1) is 23.1 Å². The summed E-state index contributed by atoms with van der Waals surface area (Å²) in [6.07, 6.45) is 3.86. The molecule has 0 unspecified atom stereocenters. The Labute approximate surface area is 154 Å². The molecule has 3 nitrogen and oxygen atoms in total. The third kappa shape index (κ3) is 3.63. The van der Waals surface area contributed by atoms with Crippen molar-refractivity contribution in [3.05, 3.63) is 34.2 Å². The van der Waals surface area contributed by atoms with Gasteiger partial charge in [-0.15, -0.1) is 0 Å². The first-order valence-electron chi connectivity index (χ1n) is 8.07. The Hall–Kier alpha value is -1.03. The molecule has 1 aromatic heterocycles. The lowest BCUT2D eigenvalue weighted by atomic mass is 9.81. The summed E-state index contributed by atoms with van der Waals surface area (Å²) in [5.74, 6) is -0.0946. The molecule has 3 rings (SSSR count). The quantitative estimate of drug-likeness (QED) is 0.672. The van der Waals surface area contributed by atoms with Crippen LogP contribution in [0.5, 0.6) is 0 Å². The van der Waals surface area contributed by atoms with E-state index in [2.05, 4.69) is 58.3 Å². The van der Waals surface area contributed by atoms with Crippen molar-refractivity contribution in [2.45, 2.75) is 50.9 Å². The summed E-state index contributed by atoms with van der Waals surface area (Å²) >= 11 is 4.97. The zero-order valence-corrected chi connectivity index (χ0v) is 16.5. The molecule has 0 saturated heterocycles. The summed E-state index contributed by atoms with van der Waals surface area (Å²) in [5, 5.41) is 9.96. The van der Waals surface area contributed by atoms with Gasteiger partial charge in [0, 0.05) is 34.4 Å². The van der Waals surface area contributed by atoms with Crippen molar-refractivity contribution in [2.75, 3.05) is 0 Å². The standard InChI is InChI=1S/C18H21BrFN3S/c1-18(2,3)24-22-9-12-10-23(13-4-11(5-13)8-21)17-7-15(19)16(20)6-14(12)17/h6-7,10-11,13,22H,4-5,9H2,1-3H3. The predicted octanol–water partition coefficient (Wildman–Crippen LogP) is 5.55. The third-order valence-electron chi connectivity index (χ3n) is 4.29. The Morgan fingerprint density at radius 3 is 2.75 bits per heavy atom. The summed E-state index contributed by atoms with van der Waals surface area (Å²) in [6, 6.07) is 6.12. The first kappa shape index (κ1) is 17.8. The lowest BCUT2D eigenvalue weighted by Crippen LogP contribution is -2.25. The fourth-order valence-corrected chi connectivity index (χ4v) is 4.00. The Morgan fingerprint density at radius 1 is 1.42 bits per heavy atom. The fourth-order valence-electron chi connectivity index (χ4n) is 3.01. The van der Waals surface area contributed by atoms with Crippen molar-refractivity contribution < 1.29 is 4.39 Å². The largest absolute Gasteiger partial charge is 0.344 e. The number of fused-ring (bicyclic) bond motifs is 1. The topological polar surface area (TPSA) is 40.8 Å². The molecule has 1 aliphatic carbocycles. The maximum absolute atomic E-state index is 14.0. The molecule has 6 heteroatoms. The van der Waals surface area contributed by atoms with Gasteiger partial charge in [-0.3, -0.25) is 4.72 Å². The van der Waals surface area contributed by atoms with Crippen LogP contribution in [-0.4, -0.2) is 9.31 Å². The van der Waals surface area contributed by atoms with Crippen molar-refractivity contribution in [1.82, 2.24) is 9.29 Å². The highest BCUT2D eigenvalue weighted by atomic mass is 79.9. The molecule has 1 aromatic carbocycles. The van der Waals surface area contributed by atoms with Crippen molar-refractivity contribution in [3.8, 4) is 6.07 Å². The number of aromatic nitrogens is 1. The van der Waals surface area contributed by atoms with Gasteiger partial charge < -0.3 is 4.57 Å². The van der Waals surface area contributed by atoms with E-state index < -0.39 is 0 Å². The summed E-state index contributed by atoms with van der Waals surface area (Å²) in [4.78, 5) is 0. The molecule has 1 saturated carbocycles. The second kappa shape index (κ2) is 6.70. The minimum absolute atomic E-state index is 0.126. The zero-order chi connectivity index (χ0) is 17.5. The van der Waals surface area contributed by atoms with Gasteiger partial charge in [0.05, 0.1) is 16.5 Å². The van der Waals surface area contributed by atoms with E-state index in [1.165, 1.54) is 0 Å². The number of nitriles is 1. The van der Waals surface area contributed by atoms with E-state index in [1.54, 1.807) is 18.0 Å². The van der Waals surface area contributed by atoms with E-state index in [0.29, 0.717) is 17.1 Å². The molecule has 1 aliphatic rings. The molecule has 1 N–H and O–H groups in total.